The van der Waals surface area contributed by atoms with E-state index < -0.39 is 0 Å². The van der Waals surface area contributed by atoms with Crippen molar-refractivity contribution in [2.45, 2.75) is 51.7 Å². The number of nitrogens with zero attached hydrogens (tertiary/aromatic N) is 3. The molecule has 2 heterocycles. The third kappa shape index (κ3) is 2.87. The zero-order chi connectivity index (χ0) is 12.3. The molecule has 0 saturated carbocycles. The predicted molar refractivity (Wildman–Crippen MR) is 67.7 cm³/mol. The highest BCUT2D eigenvalue weighted by atomic mass is 16.3. The summed E-state index contributed by atoms with van der Waals surface area (Å²) < 4.78 is 2.04. The van der Waals surface area contributed by atoms with E-state index in [1.807, 2.05) is 4.68 Å². The Kier molecular flexibility index (Phi) is 4.18. The minimum absolute atomic E-state index is 0.270. The molecule has 0 spiro atoms. The molecular formula is C13H23N3O. The minimum atomic E-state index is 0.270. The van der Waals surface area contributed by atoms with E-state index >= 15 is 0 Å². The van der Waals surface area contributed by atoms with E-state index in [4.69, 9.17) is 0 Å². The van der Waals surface area contributed by atoms with Gasteiger partial charge in [0.1, 0.15) is 0 Å². The average Bonchev–Trinajstić information content (AvgIpc) is 2.97. The van der Waals surface area contributed by atoms with Crippen molar-refractivity contribution in [2.24, 2.45) is 0 Å². The summed E-state index contributed by atoms with van der Waals surface area (Å²) in [5.74, 6) is 0. The van der Waals surface area contributed by atoms with E-state index in [1.165, 1.54) is 6.42 Å². The lowest BCUT2D eigenvalue weighted by atomic mass is 10.2. The summed E-state index contributed by atoms with van der Waals surface area (Å²) in [6.45, 7) is 6.58. The fourth-order valence-corrected chi connectivity index (χ4v) is 2.41. The van der Waals surface area contributed by atoms with Crippen molar-refractivity contribution >= 4 is 0 Å². The maximum atomic E-state index is 9.28. The summed E-state index contributed by atoms with van der Waals surface area (Å²) in [5, 5.41) is 13.9. The van der Waals surface area contributed by atoms with Crippen molar-refractivity contribution in [2.75, 3.05) is 13.2 Å². The molecule has 1 fully saturated rings. The number of aliphatic hydroxyl groups excluding tert-OH is 1. The molecule has 1 aromatic heterocycles. The highest BCUT2D eigenvalue weighted by molar-refractivity contribution is 5.00. The molecule has 2 atom stereocenters. The molecule has 0 aliphatic carbocycles. The van der Waals surface area contributed by atoms with Crippen molar-refractivity contribution in [1.29, 1.82) is 0 Å². The smallest absolute Gasteiger partial charge is 0.0765 e. The van der Waals surface area contributed by atoms with Gasteiger partial charge in [0.2, 0.25) is 0 Å². The van der Waals surface area contributed by atoms with E-state index in [1.54, 1.807) is 0 Å². The first-order valence-corrected chi connectivity index (χ1v) is 6.63. The number of likely N-dealkylation sites (tertiary alicyclic amines) is 1. The largest absolute Gasteiger partial charge is 0.395 e. The number of hydrogen-bond acceptors (Lipinski definition) is 3. The van der Waals surface area contributed by atoms with Crippen LogP contribution < -0.4 is 0 Å². The first-order valence-electron chi connectivity index (χ1n) is 6.63. The van der Waals surface area contributed by atoms with Gasteiger partial charge in [0.25, 0.3) is 0 Å². The van der Waals surface area contributed by atoms with Gasteiger partial charge in [-0.15, -0.1) is 0 Å². The van der Waals surface area contributed by atoms with Crippen LogP contribution in [0.25, 0.3) is 0 Å². The van der Waals surface area contributed by atoms with Crippen LogP contribution in [-0.4, -0.2) is 39.0 Å². The fraction of sp³-hybridized carbons (Fsp3) is 0.769. The summed E-state index contributed by atoms with van der Waals surface area (Å²) in [4.78, 5) is 2.34. The molecule has 1 aliphatic heterocycles. The molecule has 1 unspecified atom stereocenters. The van der Waals surface area contributed by atoms with Gasteiger partial charge in [-0.05, 0) is 38.8 Å². The molecule has 4 nitrogen and oxygen atoms in total. The molecule has 1 aromatic rings. The van der Waals surface area contributed by atoms with Crippen LogP contribution in [0.5, 0.6) is 0 Å². The van der Waals surface area contributed by atoms with Crippen LogP contribution in [0, 0.1) is 0 Å². The van der Waals surface area contributed by atoms with Gasteiger partial charge in [-0.25, -0.2) is 0 Å². The summed E-state index contributed by atoms with van der Waals surface area (Å²) in [5.41, 5.74) is 1.12. The van der Waals surface area contributed by atoms with Crippen molar-refractivity contribution < 1.29 is 5.11 Å². The second kappa shape index (κ2) is 5.65. The van der Waals surface area contributed by atoms with E-state index in [2.05, 4.69) is 36.1 Å². The Labute approximate surface area is 103 Å². The van der Waals surface area contributed by atoms with E-state index in [9.17, 15) is 5.11 Å². The van der Waals surface area contributed by atoms with Crippen LogP contribution in [0.15, 0.2) is 12.3 Å². The monoisotopic (exact) mass is 237 g/mol. The standard InChI is InChI=1S/C13H23N3O/c1-3-11(2)16-8-6-12(14-16)9-15-7-4-5-13(15)10-17/h6,8,11,13,17H,3-5,7,9-10H2,1-2H3/t11?,13-/m1/s1. The number of aliphatic hydroxyl groups is 1. The molecule has 96 valence electrons. The summed E-state index contributed by atoms with van der Waals surface area (Å²) in [6, 6.07) is 2.90. The van der Waals surface area contributed by atoms with Gasteiger partial charge in [-0.3, -0.25) is 9.58 Å². The van der Waals surface area contributed by atoms with Crippen LogP contribution in [0.1, 0.15) is 44.8 Å². The van der Waals surface area contributed by atoms with Gasteiger partial charge in [0.15, 0.2) is 0 Å². The number of aromatic nitrogens is 2. The van der Waals surface area contributed by atoms with Gasteiger partial charge in [0, 0.05) is 24.8 Å². The second-order valence-electron chi connectivity index (χ2n) is 4.99. The lowest BCUT2D eigenvalue weighted by Gasteiger charge is -2.21. The summed E-state index contributed by atoms with van der Waals surface area (Å²) in [6.07, 6.45) is 5.47. The normalized spacial score (nSPS) is 23.1. The van der Waals surface area contributed by atoms with E-state index in [0.717, 1.165) is 31.6 Å². The Morgan fingerprint density at radius 3 is 3.12 bits per heavy atom. The Morgan fingerprint density at radius 1 is 1.59 bits per heavy atom. The molecule has 2 rings (SSSR count). The van der Waals surface area contributed by atoms with Crippen LogP contribution in [-0.2, 0) is 6.54 Å². The van der Waals surface area contributed by atoms with Crippen LogP contribution in [0.4, 0.5) is 0 Å². The Bertz CT molecular complexity index is 350. The maximum Gasteiger partial charge on any atom is 0.0765 e. The highest BCUT2D eigenvalue weighted by Crippen LogP contribution is 2.19. The molecule has 17 heavy (non-hydrogen) atoms. The second-order valence-corrected chi connectivity index (χ2v) is 4.99. The summed E-state index contributed by atoms with van der Waals surface area (Å²) >= 11 is 0. The Morgan fingerprint density at radius 2 is 2.41 bits per heavy atom. The van der Waals surface area contributed by atoms with Gasteiger partial charge in [-0.2, -0.15) is 5.10 Å². The van der Waals surface area contributed by atoms with Crippen molar-refractivity contribution in [3.63, 3.8) is 0 Å². The third-order valence-electron chi connectivity index (χ3n) is 3.78. The first-order chi connectivity index (χ1) is 8.24. The van der Waals surface area contributed by atoms with Crippen molar-refractivity contribution in [3.8, 4) is 0 Å². The maximum absolute atomic E-state index is 9.28. The first kappa shape index (κ1) is 12.6. The molecule has 0 aromatic carbocycles. The van der Waals surface area contributed by atoms with Crippen molar-refractivity contribution in [1.82, 2.24) is 14.7 Å². The Hall–Kier alpha value is -0.870. The lowest BCUT2D eigenvalue weighted by molar-refractivity contribution is 0.152. The third-order valence-corrected chi connectivity index (χ3v) is 3.78. The van der Waals surface area contributed by atoms with Gasteiger partial charge >= 0.3 is 0 Å². The number of rotatable bonds is 5. The molecular weight excluding hydrogens is 214 g/mol. The highest BCUT2D eigenvalue weighted by Gasteiger charge is 2.24. The van der Waals surface area contributed by atoms with Crippen LogP contribution in [0.2, 0.25) is 0 Å². The van der Waals surface area contributed by atoms with Crippen LogP contribution in [0.3, 0.4) is 0 Å². The van der Waals surface area contributed by atoms with Gasteiger partial charge in [-0.1, -0.05) is 6.92 Å². The molecule has 1 saturated heterocycles. The van der Waals surface area contributed by atoms with Crippen LogP contribution >= 0.6 is 0 Å². The topological polar surface area (TPSA) is 41.3 Å². The minimum Gasteiger partial charge on any atom is -0.395 e. The predicted octanol–water partition coefficient (Wildman–Crippen LogP) is 1.81. The van der Waals surface area contributed by atoms with Gasteiger partial charge in [0.05, 0.1) is 12.3 Å². The van der Waals surface area contributed by atoms with E-state index in [-0.39, 0.29) is 6.61 Å². The molecule has 0 bridgehead atoms. The Balaban J connectivity index is 1.96. The fourth-order valence-electron chi connectivity index (χ4n) is 2.41. The number of hydrogen-bond donors (Lipinski definition) is 1. The summed E-state index contributed by atoms with van der Waals surface area (Å²) in [7, 11) is 0. The molecule has 4 heteroatoms. The van der Waals surface area contributed by atoms with E-state index in [0.29, 0.717) is 12.1 Å². The van der Waals surface area contributed by atoms with Crippen molar-refractivity contribution in [3.05, 3.63) is 18.0 Å². The quantitative estimate of drug-likeness (QED) is 0.849. The molecule has 1 aliphatic rings. The molecule has 1 N–H and O–H groups in total. The van der Waals surface area contributed by atoms with Gasteiger partial charge < -0.3 is 5.11 Å². The SMILES string of the molecule is CCC(C)n1ccc(CN2CCC[C@@H]2CO)n1. The zero-order valence-corrected chi connectivity index (χ0v) is 10.8. The average molecular weight is 237 g/mol. The lowest BCUT2D eigenvalue weighted by Crippen LogP contribution is -2.31. The zero-order valence-electron chi connectivity index (χ0n) is 10.8. The molecule has 0 amide bonds. The molecule has 0 radical (unpaired) electrons.